The molecule has 0 bridgehead atoms. The Morgan fingerprint density at radius 3 is 2.78 bits per heavy atom. The highest BCUT2D eigenvalue weighted by Gasteiger charge is 2.18. The summed E-state index contributed by atoms with van der Waals surface area (Å²) in [5.41, 5.74) is 0. The zero-order valence-electron chi connectivity index (χ0n) is 5.83. The van der Waals surface area contributed by atoms with Crippen LogP contribution in [-0.4, -0.2) is 19.0 Å². The average molecular weight is 128 g/mol. The molecule has 1 heterocycles. The topological polar surface area (TPSA) is 18.5 Å². The van der Waals surface area contributed by atoms with E-state index in [-0.39, 0.29) is 12.4 Å². The summed E-state index contributed by atoms with van der Waals surface area (Å²) in [5.74, 6) is 0. The number of ether oxygens (including phenoxy) is 2. The highest BCUT2D eigenvalue weighted by molar-refractivity contribution is 4.83. The van der Waals surface area contributed by atoms with E-state index in [1.807, 2.05) is 26.0 Å². The Kier molecular flexibility index (Phi) is 2.25. The van der Waals surface area contributed by atoms with Gasteiger partial charge in [0.15, 0.2) is 6.29 Å². The Bertz CT molecular complexity index is 109. The van der Waals surface area contributed by atoms with Crippen molar-refractivity contribution in [2.45, 2.75) is 26.2 Å². The van der Waals surface area contributed by atoms with Crippen LogP contribution in [0.3, 0.4) is 0 Å². The second kappa shape index (κ2) is 2.99. The van der Waals surface area contributed by atoms with Gasteiger partial charge in [0, 0.05) is 0 Å². The van der Waals surface area contributed by atoms with Crippen LogP contribution >= 0.6 is 0 Å². The smallest absolute Gasteiger partial charge is 0.177 e. The van der Waals surface area contributed by atoms with Gasteiger partial charge >= 0.3 is 0 Å². The van der Waals surface area contributed by atoms with Gasteiger partial charge in [-0.15, -0.1) is 0 Å². The van der Waals surface area contributed by atoms with Crippen molar-refractivity contribution in [3.63, 3.8) is 0 Å². The van der Waals surface area contributed by atoms with Gasteiger partial charge in [0.2, 0.25) is 0 Å². The first kappa shape index (κ1) is 6.78. The van der Waals surface area contributed by atoms with Crippen molar-refractivity contribution in [3.05, 3.63) is 12.2 Å². The maximum Gasteiger partial charge on any atom is 0.177 e. The lowest BCUT2D eigenvalue weighted by atomic mass is 10.5. The molecular formula is C7H12O2. The molecule has 2 atom stereocenters. The Balaban J connectivity index is 2.30. The Hall–Kier alpha value is -0.340. The molecule has 0 N–H and O–H groups in total. The highest BCUT2D eigenvalue weighted by Crippen LogP contribution is 2.10. The molecule has 9 heavy (non-hydrogen) atoms. The first-order valence-corrected chi connectivity index (χ1v) is 3.23. The second-order valence-corrected chi connectivity index (χ2v) is 2.17. The second-order valence-electron chi connectivity index (χ2n) is 2.17. The standard InChI is InChI=1S/C7H12O2/c1-3-4-7-8-5-6(2)9-7/h3-4,6-7H,5H2,1-2H3/b4-3-. The normalized spacial score (nSPS) is 36.2. The summed E-state index contributed by atoms with van der Waals surface area (Å²) in [6.07, 6.45) is 4.00. The predicted molar refractivity (Wildman–Crippen MR) is 35.1 cm³/mol. The first-order valence-electron chi connectivity index (χ1n) is 3.23. The molecule has 1 aliphatic rings. The SMILES string of the molecule is C/C=C\C1OCC(C)O1. The molecule has 0 aromatic rings. The molecule has 2 nitrogen and oxygen atoms in total. The van der Waals surface area contributed by atoms with Crippen LogP contribution in [-0.2, 0) is 9.47 Å². The fourth-order valence-corrected chi connectivity index (χ4v) is 0.796. The largest absolute Gasteiger partial charge is 0.346 e. The van der Waals surface area contributed by atoms with Gasteiger partial charge in [0.25, 0.3) is 0 Å². The van der Waals surface area contributed by atoms with Gasteiger partial charge in [-0.3, -0.25) is 0 Å². The van der Waals surface area contributed by atoms with E-state index < -0.39 is 0 Å². The summed E-state index contributed by atoms with van der Waals surface area (Å²) in [5, 5.41) is 0. The maximum atomic E-state index is 5.29. The molecule has 0 aromatic heterocycles. The van der Waals surface area contributed by atoms with Gasteiger partial charge in [-0.05, 0) is 19.9 Å². The summed E-state index contributed by atoms with van der Waals surface area (Å²) in [6.45, 7) is 4.67. The van der Waals surface area contributed by atoms with Gasteiger partial charge in [0.1, 0.15) is 0 Å². The molecule has 0 spiro atoms. The third-order valence-electron chi connectivity index (χ3n) is 1.21. The van der Waals surface area contributed by atoms with Crippen molar-refractivity contribution in [1.82, 2.24) is 0 Å². The molecule has 52 valence electrons. The number of allylic oxidation sites excluding steroid dienone is 1. The molecule has 1 saturated heterocycles. The minimum Gasteiger partial charge on any atom is -0.346 e. The minimum atomic E-state index is -0.0926. The minimum absolute atomic E-state index is 0.0926. The number of hydrogen-bond donors (Lipinski definition) is 0. The third kappa shape index (κ3) is 1.80. The van der Waals surface area contributed by atoms with Gasteiger partial charge in [-0.1, -0.05) is 6.08 Å². The molecule has 2 heteroatoms. The van der Waals surface area contributed by atoms with E-state index in [9.17, 15) is 0 Å². The summed E-state index contributed by atoms with van der Waals surface area (Å²) in [4.78, 5) is 0. The van der Waals surface area contributed by atoms with E-state index in [0.29, 0.717) is 0 Å². The van der Waals surface area contributed by atoms with Crippen LogP contribution in [0.2, 0.25) is 0 Å². The van der Waals surface area contributed by atoms with Gasteiger partial charge in [-0.25, -0.2) is 0 Å². The Morgan fingerprint density at radius 1 is 1.56 bits per heavy atom. The van der Waals surface area contributed by atoms with Crippen LogP contribution in [0.5, 0.6) is 0 Å². The lowest BCUT2D eigenvalue weighted by Gasteiger charge is -2.01. The molecule has 0 aromatic carbocycles. The molecule has 1 fully saturated rings. The lowest BCUT2D eigenvalue weighted by molar-refractivity contribution is -0.0161. The van der Waals surface area contributed by atoms with Crippen LogP contribution in [0.15, 0.2) is 12.2 Å². The predicted octanol–water partition coefficient (Wildman–Crippen LogP) is 1.32. The van der Waals surface area contributed by atoms with E-state index in [1.54, 1.807) is 0 Å². The fourth-order valence-electron chi connectivity index (χ4n) is 0.796. The maximum absolute atomic E-state index is 5.29. The zero-order valence-corrected chi connectivity index (χ0v) is 5.83. The zero-order chi connectivity index (χ0) is 6.69. The Labute approximate surface area is 55.5 Å². The summed E-state index contributed by atoms with van der Waals surface area (Å²) in [6, 6.07) is 0. The van der Waals surface area contributed by atoms with Crippen molar-refractivity contribution in [1.29, 1.82) is 0 Å². The number of hydrogen-bond acceptors (Lipinski definition) is 2. The van der Waals surface area contributed by atoms with Gasteiger partial charge < -0.3 is 9.47 Å². The highest BCUT2D eigenvalue weighted by atomic mass is 16.7. The molecule has 0 radical (unpaired) electrons. The van der Waals surface area contributed by atoms with E-state index in [1.165, 1.54) is 0 Å². The third-order valence-corrected chi connectivity index (χ3v) is 1.21. The van der Waals surface area contributed by atoms with E-state index >= 15 is 0 Å². The van der Waals surface area contributed by atoms with Crippen molar-refractivity contribution in [2.75, 3.05) is 6.61 Å². The summed E-state index contributed by atoms with van der Waals surface area (Å²) in [7, 11) is 0. The molecule has 2 unspecified atom stereocenters. The van der Waals surface area contributed by atoms with Crippen LogP contribution in [0.4, 0.5) is 0 Å². The molecule has 0 amide bonds. The molecule has 0 aliphatic carbocycles. The first-order chi connectivity index (χ1) is 4.33. The van der Waals surface area contributed by atoms with Crippen molar-refractivity contribution >= 4 is 0 Å². The summed E-state index contributed by atoms with van der Waals surface area (Å²) >= 11 is 0. The molecule has 1 rings (SSSR count). The van der Waals surface area contributed by atoms with Crippen molar-refractivity contribution in [3.8, 4) is 0 Å². The number of rotatable bonds is 1. The van der Waals surface area contributed by atoms with Crippen LogP contribution < -0.4 is 0 Å². The van der Waals surface area contributed by atoms with E-state index in [2.05, 4.69) is 0 Å². The lowest BCUT2D eigenvalue weighted by Crippen LogP contribution is -2.05. The van der Waals surface area contributed by atoms with E-state index in [0.717, 1.165) is 6.61 Å². The van der Waals surface area contributed by atoms with Crippen LogP contribution in [0, 0.1) is 0 Å². The van der Waals surface area contributed by atoms with E-state index in [4.69, 9.17) is 9.47 Å². The fraction of sp³-hybridized carbons (Fsp3) is 0.714. The average Bonchev–Trinajstić information content (AvgIpc) is 2.17. The van der Waals surface area contributed by atoms with Gasteiger partial charge in [-0.2, -0.15) is 0 Å². The van der Waals surface area contributed by atoms with Crippen LogP contribution in [0.25, 0.3) is 0 Å². The quantitative estimate of drug-likeness (QED) is 0.496. The Morgan fingerprint density at radius 2 is 2.33 bits per heavy atom. The summed E-state index contributed by atoms with van der Waals surface area (Å²) < 4.78 is 10.5. The molecule has 0 saturated carbocycles. The molecule has 1 aliphatic heterocycles. The monoisotopic (exact) mass is 128 g/mol. The van der Waals surface area contributed by atoms with Gasteiger partial charge in [0.05, 0.1) is 12.7 Å². The van der Waals surface area contributed by atoms with Crippen LogP contribution in [0.1, 0.15) is 13.8 Å². The van der Waals surface area contributed by atoms with Crippen molar-refractivity contribution < 1.29 is 9.47 Å². The molecular weight excluding hydrogens is 116 g/mol. The van der Waals surface area contributed by atoms with Crippen molar-refractivity contribution in [2.24, 2.45) is 0 Å².